The third kappa shape index (κ3) is 3.62. The van der Waals surface area contributed by atoms with Crippen LogP contribution in [0.3, 0.4) is 0 Å². The van der Waals surface area contributed by atoms with Crippen molar-refractivity contribution in [3.8, 4) is 5.75 Å². The molecule has 1 aliphatic carbocycles. The molecule has 1 fully saturated rings. The van der Waals surface area contributed by atoms with E-state index in [1.165, 1.54) is 19.6 Å². The van der Waals surface area contributed by atoms with E-state index in [1.54, 1.807) is 12.1 Å². The molecule has 0 spiro atoms. The number of halogens is 2. The van der Waals surface area contributed by atoms with Gasteiger partial charge in [0.15, 0.2) is 0 Å². The summed E-state index contributed by atoms with van der Waals surface area (Å²) in [7, 11) is 1.48. The van der Waals surface area contributed by atoms with Crippen LogP contribution in [0.25, 0.3) is 0 Å². The van der Waals surface area contributed by atoms with E-state index in [0.717, 1.165) is 25.7 Å². The molecule has 0 unspecified atom stereocenters. The van der Waals surface area contributed by atoms with Crippen LogP contribution in [0, 0.1) is 11.7 Å². The lowest BCUT2D eigenvalue weighted by Gasteiger charge is -2.31. The Hall–Kier alpha value is -0.840. The summed E-state index contributed by atoms with van der Waals surface area (Å²) in [4.78, 5) is 0. The molecule has 0 radical (unpaired) electrons. The number of hydrogen-bond acceptors (Lipinski definition) is 3. The van der Waals surface area contributed by atoms with Gasteiger partial charge in [-0.05, 0) is 30.9 Å². The second-order valence-electron chi connectivity index (χ2n) is 5.27. The third-order valence-corrected chi connectivity index (χ3v) is 4.07. The molecule has 114 valence electrons. The molecule has 0 amide bonds. The van der Waals surface area contributed by atoms with Crippen molar-refractivity contribution in [2.45, 2.75) is 44.2 Å². The van der Waals surface area contributed by atoms with Gasteiger partial charge in [0.25, 0.3) is 0 Å². The van der Waals surface area contributed by atoms with Gasteiger partial charge >= 0.3 is 0 Å². The smallest absolute Gasteiger partial charge is 0.131 e. The van der Waals surface area contributed by atoms with Crippen molar-refractivity contribution in [1.29, 1.82) is 0 Å². The highest BCUT2D eigenvalue weighted by atomic mass is 35.5. The number of rotatable bonds is 4. The van der Waals surface area contributed by atoms with E-state index in [1.807, 2.05) is 0 Å². The van der Waals surface area contributed by atoms with Gasteiger partial charge in [-0.2, -0.15) is 0 Å². The van der Waals surface area contributed by atoms with E-state index in [-0.39, 0.29) is 23.9 Å². The van der Waals surface area contributed by atoms with E-state index >= 15 is 0 Å². The average molecular weight is 304 g/mol. The predicted octanol–water partition coefficient (Wildman–Crippen LogP) is 3.20. The van der Waals surface area contributed by atoms with Crippen LogP contribution in [-0.4, -0.2) is 18.3 Å². The third-order valence-electron chi connectivity index (χ3n) is 4.07. The molecule has 3 nitrogen and oxygen atoms in total. The Morgan fingerprint density at radius 3 is 2.55 bits per heavy atom. The maximum Gasteiger partial charge on any atom is 0.131 e. The molecule has 5 heteroatoms. The molecule has 0 saturated heterocycles. The van der Waals surface area contributed by atoms with E-state index in [4.69, 9.17) is 10.5 Å². The van der Waals surface area contributed by atoms with E-state index < -0.39 is 18.0 Å². The summed E-state index contributed by atoms with van der Waals surface area (Å²) in [6.45, 7) is 0. The molecule has 0 heterocycles. The number of aliphatic hydroxyl groups is 1. The Bertz CT molecular complexity index is 424. The number of benzene rings is 1. The Balaban J connectivity index is 0.00000200. The van der Waals surface area contributed by atoms with E-state index in [2.05, 4.69) is 0 Å². The van der Waals surface area contributed by atoms with Crippen molar-refractivity contribution < 1.29 is 14.2 Å². The number of methoxy groups -OCH3 is 1. The van der Waals surface area contributed by atoms with E-state index in [0.29, 0.717) is 5.75 Å². The number of hydrogen-bond donors (Lipinski definition) is 2. The van der Waals surface area contributed by atoms with Crippen LogP contribution in [0.1, 0.15) is 43.7 Å². The van der Waals surface area contributed by atoms with Crippen molar-refractivity contribution in [3.63, 3.8) is 0 Å². The van der Waals surface area contributed by atoms with Crippen molar-refractivity contribution in [2.75, 3.05) is 7.11 Å². The molecule has 2 atom stereocenters. The topological polar surface area (TPSA) is 55.5 Å². The number of ether oxygens (including phenoxy) is 1. The summed E-state index contributed by atoms with van der Waals surface area (Å²) >= 11 is 0. The fourth-order valence-electron chi connectivity index (χ4n) is 2.96. The summed E-state index contributed by atoms with van der Waals surface area (Å²) in [5, 5.41) is 10.4. The number of aliphatic hydroxyl groups excluding tert-OH is 1. The van der Waals surface area contributed by atoms with Crippen molar-refractivity contribution in [3.05, 3.63) is 29.6 Å². The minimum absolute atomic E-state index is 0. The van der Waals surface area contributed by atoms with Gasteiger partial charge in [-0.15, -0.1) is 12.4 Å². The normalized spacial score (nSPS) is 19.0. The first-order valence-corrected chi connectivity index (χ1v) is 6.91. The summed E-state index contributed by atoms with van der Waals surface area (Å²) < 4.78 is 19.1. The second-order valence-corrected chi connectivity index (χ2v) is 5.27. The SMILES string of the molecule is COc1cccc(F)c1[C@H](N)[C@H](O)C1CCCCC1.Cl. The molecule has 1 aromatic carbocycles. The molecule has 3 N–H and O–H groups in total. The fraction of sp³-hybridized carbons (Fsp3) is 0.600. The largest absolute Gasteiger partial charge is 0.496 e. The van der Waals surface area contributed by atoms with Gasteiger partial charge in [-0.3, -0.25) is 0 Å². The molecule has 1 aromatic rings. The van der Waals surface area contributed by atoms with Gasteiger partial charge < -0.3 is 15.6 Å². The zero-order valence-electron chi connectivity index (χ0n) is 11.7. The molecular weight excluding hydrogens is 281 g/mol. The lowest BCUT2D eigenvalue weighted by molar-refractivity contribution is 0.0600. The first-order valence-electron chi connectivity index (χ1n) is 6.91. The quantitative estimate of drug-likeness (QED) is 0.898. The first-order chi connectivity index (χ1) is 9.15. The van der Waals surface area contributed by atoms with Crippen molar-refractivity contribution in [1.82, 2.24) is 0 Å². The molecule has 0 aromatic heterocycles. The van der Waals surface area contributed by atoms with Crippen molar-refractivity contribution in [2.24, 2.45) is 11.7 Å². The molecule has 0 aliphatic heterocycles. The maximum absolute atomic E-state index is 13.9. The monoisotopic (exact) mass is 303 g/mol. The minimum Gasteiger partial charge on any atom is -0.496 e. The zero-order valence-corrected chi connectivity index (χ0v) is 12.5. The van der Waals surface area contributed by atoms with Gasteiger partial charge in [0, 0.05) is 5.56 Å². The molecule has 20 heavy (non-hydrogen) atoms. The van der Waals surface area contributed by atoms with Gasteiger partial charge in [0.1, 0.15) is 11.6 Å². The highest BCUT2D eigenvalue weighted by Gasteiger charge is 2.30. The van der Waals surface area contributed by atoms with Gasteiger partial charge in [0.2, 0.25) is 0 Å². The highest BCUT2D eigenvalue weighted by Crippen LogP contribution is 2.35. The molecule has 2 rings (SSSR count). The summed E-state index contributed by atoms with van der Waals surface area (Å²) in [6, 6.07) is 3.87. The van der Waals surface area contributed by atoms with Crippen LogP contribution in [0.15, 0.2) is 18.2 Å². The average Bonchev–Trinajstić information content (AvgIpc) is 2.46. The molecule has 1 aliphatic rings. The van der Waals surface area contributed by atoms with Gasteiger partial charge in [-0.1, -0.05) is 25.3 Å². The molecule has 1 saturated carbocycles. The number of nitrogens with two attached hydrogens (primary N) is 1. The Morgan fingerprint density at radius 1 is 1.30 bits per heavy atom. The summed E-state index contributed by atoms with van der Waals surface area (Å²) in [5.41, 5.74) is 6.36. The zero-order chi connectivity index (χ0) is 13.8. The maximum atomic E-state index is 13.9. The Kier molecular flexibility index (Phi) is 6.72. The van der Waals surface area contributed by atoms with Crippen LogP contribution in [0.2, 0.25) is 0 Å². The molecule has 0 bridgehead atoms. The Morgan fingerprint density at radius 2 is 1.95 bits per heavy atom. The van der Waals surface area contributed by atoms with Crippen molar-refractivity contribution >= 4 is 12.4 Å². The molecular formula is C15H23ClFNO2. The van der Waals surface area contributed by atoms with Crippen LogP contribution in [-0.2, 0) is 0 Å². The standard InChI is InChI=1S/C15H22FNO2.ClH/c1-19-12-9-5-8-11(16)13(12)14(17)15(18)10-6-3-2-4-7-10;/h5,8-10,14-15,18H,2-4,6-7,17H2,1H3;1H/t14-,15+;/m0./s1. The first kappa shape index (κ1) is 17.2. The predicted molar refractivity (Wildman–Crippen MR) is 79.7 cm³/mol. The second kappa shape index (κ2) is 7.81. The lowest BCUT2D eigenvalue weighted by Crippen LogP contribution is -2.35. The minimum atomic E-state index is -0.737. The van der Waals surface area contributed by atoms with Crippen LogP contribution in [0.5, 0.6) is 5.75 Å². The summed E-state index contributed by atoms with van der Waals surface area (Å²) in [5.74, 6) is 0.150. The highest BCUT2D eigenvalue weighted by molar-refractivity contribution is 5.85. The summed E-state index contributed by atoms with van der Waals surface area (Å²) in [6.07, 6.45) is 4.65. The van der Waals surface area contributed by atoms with Gasteiger partial charge in [-0.25, -0.2) is 4.39 Å². The fourth-order valence-corrected chi connectivity index (χ4v) is 2.96. The lowest BCUT2D eigenvalue weighted by atomic mass is 9.81. The van der Waals surface area contributed by atoms with Crippen LogP contribution in [0.4, 0.5) is 4.39 Å². The van der Waals surface area contributed by atoms with E-state index in [9.17, 15) is 9.50 Å². The van der Waals surface area contributed by atoms with Crippen LogP contribution >= 0.6 is 12.4 Å². The Labute approximate surface area is 125 Å². The van der Waals surface area contributed by atoms with Crippen LogP contribution < -0.4 is 10.5 Å². The van der Waals surface area contributed by atoms with Gasteiger partial charge in [0.05, 0.1) is 19.3 Å².